The molecule has 1 fully saturated rings. The lowest BCUT2D eigenvalue weighted by atomic mass is 9.99. The number of hydrogen-bond donors (Lipinski definition) is 6. The molecule has 1 amide bonds. The van der Waals surface area contributed by atoms with E-state index in [0.717, 1.165) is 38.5 Å². The van der Waals surface area contributed by atoms with Crippen molar-refractivity contribution in [3.05, 3.63) is 24.3 Å². The molecule has 0 radical (unpaired) electrons. The zero-order valence-corrected chi connectivity index (χ0v) is 31.2. The Morgan fingerprint density at radius 1 is 0.673 bits per heavy atom. The van der Waals surface area contributed by atoms with Gasteiger partial charge in [-0.15, -0.1) is 0 Å². The molecule has 9 heteroatoms. The van der Waals surface area contributed by atoms with Crippen molar-refractivity contribution >= 4 is 5.91 Å². The Bertz CT molecular complexity index is 822. The van der Waals surface area contributed by atoms with E-state index in [2.05, 4.69) is 31.3 Å². The number of aliphatic hydroxyl groups is 5. The first-order valence-corrected chi connectivity index (χ1v) is 20.1. The first-order valence-electron chi connectivity index (χ1n) is 20.1. The lowest BCUT2D eigenvalue weighted by Gasteiger charge is -2.40. The smallest absolute Gasteiger partial charge is 0.220 e. The summed E-state index contributed by atoms with van der Waals surface area (Å²) in [6.07, 6.45) is 27.9. The number of carbonyl (C=O) groups is 1. The topological polar surface area (TPSA) is 149 Å². The normalized spacial score (nSPS) is 22.6. The van der Waals surface area contributed by atoms with Crippen LogP contribution < -0.4 is 5.32 Å². The zero-order chi connectivity index (χ0) is 36.0. The molecule has 0 bridgehead atoms. The third-order valence-corrected chi connectivity index (χ3v) is 9.53. The summed E-state index contributed by atoms with van der Waals surface area (Å²) in [4.78, 5) is 12.9. The average molecular weight is 698 g/mol. The van der Waals surface area contributed by atoms with E-state index in [-0.39, 0.29) is 12.5 Å². The number of rotatable bonds is 32. The fraction of sp³-hybridized carbons (Fsp3) is 0.875. The number of carbonyl (C=O) groups excluding carboxylic acids is 1. The standard InChI is InChI=1S/C40H75NO8/c1-3-5-7-9-11-13-15-17-19-21-23-25-27-29-34(43)33(32-48-40-39(47)38(46)37(45)35(31-42)49-40)41-36(44)30-28-26-24-22-20-18-16-14-12-10-8-6-4-2/h19,21,27,29,33-35,37-40,42-43,45-47H,3-18,20,22-26,28,30-32H2,1-2H3,(H,41,44)/b21-19+,29-27+. The largest absolute Gasteiger partial charge is 0.394 e. The molecular weight excluding hydrogens is 622 g/mol. The van der Waals surface area contributed by atoms with Crippen molar-refractivity contribution in [3.8, 4) is 0 Å². The lowest BCUT2D eigenvalue weighted by Crippen LogP contribution is -2.60. The fourth-order valence-corrected chi connectivity index (χ4v) is 6.23. The first kappa shape index (κ1) is 45.7. The third-order valence-electron chi connectivity index (χ3n) is 9.53. The molecule has 7 atom stereocenters. The molecule has 0 aromatic rings. The monoisotopic (exact) mass is 698 g/mol. The highest BCUT2D eigenvalue weighted by Gasteiger charge is 2.44. The van der Waals surface area contributed by atoms with Gasteiger partial charge in [0.2, 0.25) is 5.91 Å². The third kappa shape index (κ3) is 23.0. The van der Waals surface area contributed by atoms with Crippen molar-refractivity contribution in [2.45, 2.75) is 211 Å². The molecule has 1 heterocycles. The molecular formula is C40H75NO8. The maximum absolute atomic E-state index is 12.9. The van der Waals surface area contributed by atoms with Gasteiger partial charge in [-0.3, -0.25) is 4.79 Å². The minimum absolute atomic E-state index is 0.189. The van der Waals surface area contributed by atoms with Crippen LogP contribution in [0.5, 0.6) is 0 Å². The van der Waals surface area contributed by atoms with E-state index >= 15 is 0 Å². The fourth-order valence-electron chi connectivity index (χ4n) is 6.23. The summed E-state index contributed by atoms with van der Waals surface area (Å²) < 4.78 is 11.1. The summed E-state index contributed by atoms with van der Waals surface area (Å²) >= 11 is 0. The Morgan fingerprint density at radius 3 is 1.71 bits per heavy atom. The summed E-state index contributed by atoms with van der Waals surface area (Å²) in [5.41, 5.74) is 0. The van der Waals surface area contributed by atoms with Crippen molar-refractivity contribution in [2.75, 3.05) is 13.2 Å². The minimum Gasteiger partial charge on any atom is -0.394 e. The molecule has 7 unspecified atom stereocenters. The molecule has 9 nitrogen and oxygen atoms in total. The molecule has 0 aliphatic carbocycles. The van der Waals surface area contributed by atoms with Crippen molar-refractivity contribution in [1.29, 1.82) is 0 Å². The molecule has 0 aromatic heterocycles. The molecule has 1 aliphatic rings. The van der Waals surface area contributed by atoms with Crippen LogP contribution in [0.15, 0.2) is 24.3 Å². The van der Waals surface area contributed by atoms with Gasteiger partial charge in [0.1, 0.15) is 24.4 Å². The summed E-state index contributed by atoms with van der Waals surface area (Å²) in [6.45, 7) is 3.72. The summed E-state index contributed by atoms with van der Waals surface area (Å²) in [5, 5.41) is 53.9. The summed E-state index contributed by atoms with van der Waals surface area (Å²) in [6, 6.07) is -0.814. The lowest BCUT2D eigenvalue weighted by molar-refractivity contribution is -0.302. The highest BCUT2D eigenvalue weighted by atomic mass is 16.7. The molecule has 288 valence electrons. The Labute approximate surface area is 298 Å². The van der Waals surface area contributed by atoms with E-state index in [0.29, 0.717) is 6.42 Å². The van der Waals surface area contributed by atoms with Crippen molar-refractivity contribution in [2.24, 2.45) is 0 Å². The van der Waals surface area contributed by atoms with Crippen LogP contribution >= 0.6 is 0 Å². The number of aliphatic hydroxyl groups excluding tert-OH is 5. The van der Waals surface area contributed by atoms with Crippen LogP contribution in [-0.2, 0) is 14.3 Å². The van der Waals surface area contributed by atoms with E-state index in [1.807, 2.05) is 6.08 Å². The summed E-state index contributed by atoms with van der Waals surface area (Å²) in [7, 11) is 0. The maximum atomic E-state index is 12.9. The molecule has 6 N–H and O–H groups in total. The highest BCUT2D eigenvalue weighted by molar-refractivity contribution is 5.76. The Hall–Kier alpha value is -1.33. The van der Waals surface area contributed by atoms with Crippen LogP contribution in [0.25, 0.3) is 0 Å². The number of hydrogen-bond acceptors (Lipinski definition) is 8. The van der Waals surface area contributed by atoms with E-state index in [1.165, 1.54) is 109 Å². The van der Waals surface area contributed by atoms with Crippen molar-refractivity contribution in [1.82, 2.24) is 5.32 Å². The van der Waals surface area contributed by atoms with Crippen LogP contribution in [0.3, 0.4) is 0 Å². The predicted molar refractivity (Wildman–Crippen MR) is 198 cm³/mol. The second kappa shape index (κ2) is 31.4. The molecule has 1 aliphatic heterocycles. The van der Waals surface area contributed by atoms with E-state index < -0.39 is 49.5 Å². The van der Waals surface area contributed by atoms with Crippen LogP contribution in [0, 0.1) is 0 Å². The number of amides is 1. The van der Waals surface area contributed by atoms with Crippen LogP contribution in [0.4, 0.5) is 0 Å². The van der Waals surface area contributed by atoms with E-state index in [4.69, 9.17) is 9.47 Å². The van der Waals surface area contributed by atoms with Gasteiger partial charge in [0, 0.05) is 6.42 Å². The molecule has 0 aromatic carbocycles. The first-order chi connectivity index (χ1) is 23.8. The van der Waals surface area contributed by atoms with Crippen LogP contribution in [0.1, 0.15) is 168 Å². The minimum atomic E-state index is -1.57. The van der Waals surface area contributed by atoms with Crippen LogP contribution in [0.2, 0.25) is 0 Å². The van der Waals surface area contributed by atoms with Gasteiger partial charge >= 0.3 is 0 Å². The Morgan fingerprint density at radius 2 is 1.16 bits per heavy atom. The second-order valence-electron chi connectivity index (χ2n) is 14.1. The zero-order valence-electron chi connectivity index (χ0n) is 31.2. The molecule has 49 heavy (non-hydrogen) atoms. The predicted octanol–water partition coefficient (Wildman–Crippen LogP) is 7.16. The Balaban J connectivity index is 2.46. The summed E-state index contributed by atoms with van der Waals surface area (Å²) in [5.74, 6) is -0.189. The molecule has 1 rings (SSSR count). The quantitative estimate of drug-likeness (QED) is 0.0320. The van der Waals surface area contributed by atoms with E-state index in [1.54, 1.807) is 6.08 Å². The highest BCUT2D eigenvalue weighted by Crippen LogP contribution is 2.22. The van der Waals surface area contributed by atoms with Crippen molar-refractivity contribution in [3.63, 3.8) is 0 Å². The maximum Gasteiger partial charge on any atom is 0.220 e. The average Bonchev–Trinajstić information content (AvgIpc) is 3.10. The van der Waals surface area contributed by atoms with Gasteiger partial charge < -0.3 is 40.3 Å². The van der Waals surface area contributed by atoms with Crippen LogP contribution in [-0.4, -0.2) is 87.5 Å². The molecule has 1 saturated heterocycles. The van der Waals surface area contributed by atoms with E-state index in [9.17, 15) is 30.3 Å². The van der Waals surface area contributed by atoms with Gasteiger partial charge in [-0.05, 0) is 32.1 Å². The van der Waals surface area contributed by atoms with Gasteiger partial charge in [-0.2, -0.15) is 0 Å². The van der Waals surface area contributed by atoms with Gasteiger partial charge in [0.15, 0.2) is 6.29 Å². The number of allylic oxidation sites excluding steroid dienone is 3. The number of nitrogens with one attached hydrogen (secondary N) is 1. The van der Waals surface area contributed by atoms with Gasteiger partial charge in [-0.1, -0.05) is 154 Å². The van der Waals surface area contributed by atoms with Gasteiger partial charge in [0.05, 0.1) is 25.4 Å². The molecule has 0 saturated carbocycles. The van der Waals surface area contributed by atoms with Gasteiger partial charge in [0.25, 0.3) is 0 Å². The van der Waals surface area contributed by atoms with Gasteiger partial charge in [-0.25, -0.2) is 0 Å². The van der Waals surface area contributed by atoms with Crippen molar-refractivity contribution < 1.29 is 39.8 Å². The number of unbranched alkanes of at least 4 members (excludes halogenated alkanes) is 20. The second-order valence-corrected chi connectivity index (χ2v) is 14.1. The number of ether oxygens (including phenoxy) is 2. The SMILES string of the molecule is CCCCCCCCC/C=C/CC/C=C/C(O)C(COC1OC(CO)C(O)C(O)C1O)NC(=O)CCCCCCCCCCCCCCC. The Kier molecular flexibility index (Phi) is 29.3. The molecule has 0 spiro atoms.